The van der Waals surface area contributed by atoms with Crippen LogP contribution in [0.3, 0.4) is 0 Å². The lowest BCUT2D eigenvalue weighted by atomic mass is 10.2. The van der Waals surface area contributed by atoms with Gasteiger partial charge in [-0.15, -0.1) is 11.8 Å². The minimum absolute atomic E-state index is 0.206. The van der Waals surface area contributed by atoms with Crippen molar-refractivity contribution in [2.75, 3.05) is 5.73 Å². The second kappa shape index (κ2) is 5.71. The zero-order valence-electron chi connectivity index (χ0n) is 10.1. The van der Waals surface area contributed by atoms with Crippen LogP contribution in [-0.2, 0) is 5.75 Å². The van der Waals surface area contributed by atoms with Crippen molar-refractivity contribution in [3.8, 4) is 0 Å². The van der Waals surface area contributed by atoms with E-state index >= 15 is 0 Å². The van der Waals surface area contributed by atoms with E-state index in [2.05, 4.69) is 15.9 Å². The number of benzene rings is 1. The molecule has 0 fully saturated rings. The number of carboxylic acids is 1. The zero-order chi connectivity index (χ0) is 14.0. The summed E-state index contributed by atoms with van der Waals surface area (Å²) in [6, 6.07) is 7.17. The number of hydrogen-bond acceptors (Lipinski definition) is 4. The number of carbonyl (C=O) groups is 1. The van der Waals surface area contributed by atoms with Crippen molar-refractivity contribution in [2.24, 2.45) is 0 Å². The maximum atomic E-state index is 10.9. The molecule has 1 heterocycles. The minimum atomic E-state index is -0.973. The largest absolute Gasteiger partial charge is 0.478 e. The molecule has 0 bridgehead atoms. The van der Waals surface area contributed by atoms with Crippen molar-refractivity contribution >= 4 is 39.3 Å². The molecule has 6 heteroatoms. The Morgan fingerprint density at radius 1 is 1.47 bits per heavy atom. The smallest absolute Gasteiger partial charge is 0.339 e. The van der Waals surface area contributed by atoms with Crippen LogP contribution in [0.1, 0.15) is 21.9 Å². The van der Waals surface area contributed by atoms with Gasteiger partial charge in [0.25, 0.3) is 0 Å². The van der Waals surface area contributed by atoms with Gasteiger partial charge in [0.15, 0.2) is 0 Å². The standard InChI is InChI=1S/C13H12BrNO3S/c1-7-10(13(16)17)5-9(18-7)6-19-12-4-8(14)2-3-11(12)15/h2-5H,6,15H2,1H3,(H,16,17). The number of rotatable bonds is 4. The van der Waals surface area contributed by atoms with Gasteiger partial charge in [0, 0.05) is 15.1 Å². The normalized spacial score (nSPS) is 10.6. The van der Waals surface area contributed by atoms with Gasteiger partial charge in [-0.25, -0.2) is 4.79 Å². The number of thioether (sulfide) groups is 1. The molecule has 0 unspecified atom stereocenters. The van der Waals surface area contributed by atoms with Gasteiger partial charge in [0.05, 0.1) is 5.75 Å². The molecule has 2 rings (SSSR count). The molecule has 1 aromatic heterocycles. The number of halogens is 1. The lowest BCUT2D eigenvalue weighted by Gasteiger charge is -2.04. The van der Waals surface area contributed by atoms with Crippen LogP contribution in [0.25, 0.3) is 0 Å². The highest BCUT2D eigenvalue weighted by Crippen LogP contribution is 2.31. The number of aromatic carboxylic acids is 1. The van der Waals surface area contributed by atoms with E-state index in [0.717, 1.165) is 9.37 Å². The topological polar surface area (TPSA) is 76.5 Å². The maximum absolute atomic E-state index is 10.9. The molecule has 0 atom stereocenters. The third kappa shape index (κ3) is 3.33. The van der Waals surface area contributed by atoms with E-state index in [9.17, 15) is 4.79 Å². The zero-order valence-corrected chi connectivity index (χ0v) is 12.5. The number of anilines is 1. The predicted molar refractivity (Wildman–Crippen MR) is 78.5 cm³/mol. The van der Waals surface area contributed by atoms with Crippen LogP contribution in [0.2, 0.25) is 0 Å². The van der Waals surface area contributed by atoms with Gasteiger partial charge in [-0.2, -0.15) is 0 Å². The fourth-order valence-electron chi connectivity index (χ4n) is 1.61. The van der Waals surface area contributed by atoms with E-state index in [1.54, 1.807) is 13.0 Å². The maximum Gasteiger partial charge on any atom is 0.339 e. The van der Waals surface area contributed by atoms with E-state index in [-0.39, 0.29) is 5.56 Å². The van der Waals surface area contributed by atoms with Crippen molar-refractivity contribution in [3.63, 3.8) is 0 Å². The van der Waals surface area contributed by atoms with Crippen LogP contribution >= 0.6 is 27.7 Å². The number of furan rings is 1. The van der Waals surface area contributed by atoms with Gasteiger partial charge < -0.3 is 15.3 Å². The lowest BCUT2D eigenvalue weighted by molar-refractivity contribution is 0.0695. The summed E-state index contributed by atoms with van der Waals surface area (Å²) in [5, 5.41) is 8.95. The number of carboxylic acid groups (broad SMARTS) is 1. The third-order valence-electron chi connectivity index (χ3n) is 2.54. The molecule has 0 aliphatic rings. The van der Waals surface area contributed by atoms with Crippen LogP contribution in [0.5, 0.6) is 0 Å². The molecule has 4 nitrogen and oxygen atoms in total. The van der Waals surface area contributed by atoms with E-state index in [1.165, 1.54) is 11.8 Å². The molecule has 0 aliphatic heterocycles. The number of hydrogen-bond donors (Lipinski definition) is 2. The number of aryl methyl sites for hydroxylation is 1. The second-order valence-corrected chi connectivity index (χ2v) is 5.89. The molecule has 0 saturated carbocycles. The Morgan fingerprint density at radius 3 is 2.84 bits per heavy atom. The molecule has 0 spiro atoms. The molecular weight excluding hydrogens is 330 g/mol. The molecule has 100 valence electrons. The van der Waals surface area contributed by atoms with Crippen molar-refractivity contribution in [3.05, 3.63) is 45.8 Å². The molecule has 0 saturated heterocycles. The van der Waals surface area contributed by atoms with Crippen molar-refractivity contribution in [2.45, 2.75) is 17.6 Å². The predicted octanol–water partition coefficient (Wildman–Crippen LogP) is 3.92. The first-order chi connectivity index (χ1) is 8.97. The number of nitrogen functional groups attached to an aromatic ring is 1. The fourth-order valence-corrected chi connectivity index (χ4v) is 3.01. The summed E-state index contributed by atoms with van der Waals surface area (Å²) < 4.78 is 6.36. The number of nitrogens with two attached hydrogens (primary N) is 1. The van der Waals surface area contributed by atoms with Crippen LogP contribution in [0, 0.1) is 6.92 Å². The summed E-state index contributed by atoms with van der Waals surface area (Å²) in [5.74, 6) is 0.610. The minimum Gasteiger partial charge on any atom is -0.478 e. The van der Waals surface area contributed by atoms with E-state index in [0.29, 0.717) is 23.0 Å². The summed E-state index contributed by atoms with van der Waals surface area (Å²) in [7, 11) is 0. The molecule has 0 radical (unpaired) electrons. The first-order valence-corrected chi connectivity index (χ1v) is 7.25. The highest BCUT2D eigenvalue weighted by molar-refractivity contribution is 9.10. The first kappa shape index (κ1) is 14.0. The SMILES string of the molecule is Cc1oc(CSc2cc(Br)ccc2N)cc1C(=O)O. The molecule has 0 aliphatic carbocycles. The average molecular weight is 342 g/mol. The fraction of sp³-hybridized carbons (Fsp3) is 0.154. The van der Waals surface area contributed by atoms with Gasteiger partial charge >= 0.3 is 5.97 Å². The van der Waals surface area contributed by atoms with Gasteiger partial charge in [0.2, 0.25) is 0 Å². The second-order valence-electron chi connectivity index (χ2n) is 3.96. The Kier molecular flexibility index (Phi) is 4.21. The van der Waals surface area contributed by atoms with Crippen LogP contribution in [-0.4, -0.2) is 11.1 Å². The first-order valence-electron chi connectivity index (χ1n) is 5.48. The van der Waals surface area contributed by atoms with Crippen LogP contribution in [0.4, 0.5) is 5.69 Å². The Bertz CT molecular complexity index is 624. The molecule has 19 heavy (non-hydrogen) atoms. The summed E-state index contributed by atoms with van der Waals surface area (Å²) >= 11 is 4.89. The van der Waals surface area contributed by atoms with Crippen LogP contribution in [0.15, 0.2) is 38.1 Å². The summed E-state index contributed by atoms with van der Waals surface area (Å²) in [6.45, 7) is 1.64. The Hall–Kier alpha value is -1.40. The summed E-state index contributed by atoms with van der Waals surface area (Å²) in [4.78, 5) is 11.8. The van der Waals surface area contributed by atoms with E-state index in [1.807, 2.05) is 18.2 Å². The summed E-state index contributed by atoms with van der Waals surface area (Å²) in [5.41, 5.74) is 6.77. The highest BCUT2D eigenvalue weighted by Gasteiger charge is 2.14. The van der Waals surface area contributed by atoms with E-state index < -0.39 is 5.97 Å². The van der Waals surface area contributed by atoms with Gasteiger partial charge in [-0.05, 0) is 31.2 Å². The van der Waals surface area contributed by atoms with Crippen LogP contribution < -0.4 is 5.73 Å². The Labute approximate surface area is 123 Å². The van der Waals surface area contributed by atoms with E-state index in [4.69, 9.17) is 15.3 Å². The monoisotopic (exact) mass is 341 g/mol. The van der Waals surface area contributed by atoms with Crippen molar-refractivity contribution in [1.82, 2.24) is 0 Å². The molecule has 1 aromatic carbocycles. The average Bonchev–Trinajstić information content (AvgIpc) is 2.72. The molecular formula is C13H12BrNO3S. The summed E-state index contributed by atoms with van der Waals surface area (Å²) in [6.07, 6.45) is 0. The Balaban J connectivity index is 2.12. The van der Waals surface area contributed by atoms with Gasteiger partial charge in [0.1, 0.15) is 17.1 Å². The lowest BCUT2D eigenvalue weighted by Crippen LogP contribution is -1.94. The van der Waals surface area contributed by atoms with Crippen molar-refractivity contribution in [1.29, 1.82) is 0 Å². The quantitative estimate of drug-likeness (QED) is 0.650. The molecule has 3 N–H and O–H groups in total. The Morgan fingerprint density at radius 2 is 2.21 bits per heavy atom. The highest BCUT2D eigenvalue weighted by atomic mass is 79.9. The third-order valence-corrected chi connectivity index (χ3v) is 4.13. The molecule has 2 aromatic rings. The van der Waals surface area contributed by atoms with Gasteiger partial charge in [-0.3, -0.25) is 0 Å². The van der Waals surface area contributed by atoms with Crippen molar-refractivity contribution < 1.29 is 14.3 Å². The van der Waals surface area contributed by atoms with Gasteiger partial charge in [-0.1, -0.05) is 15.9 Å². The molecule has 0 amide bonds.